The van der Waals surface area contributed by atoms with Gasteiger partial charge >= 0.3 is 0 Å². The zero-order valence-electron chi connectivity index (χ0n) is 12.6. The highest BCUT2D eigenvalue weighted by Crippen LogP contribution is 2.20. The van der Waals surface area contributed by atoms with Crippen LogP contribution in [0.15, 0.2) is 29.2 Å². The molecule has 0 aliphatic heterocycles. The van der Waals surface area contributed by atoms with Crippen molar-refractivity contribution in [1.82, 2.24) is 5.32 Å². The summed E-state index contributed by atoms with van der Waals surface area (Å²) in [6.07, 6.45) is 3.16. The van der Waals surface area contributed by atoms with Crippen molar-refractivity contribution in [2.45, 2.75) is 37.1 Å². The van der Waals surface area contributed by atoms with Crippen molar-refractivity contribution in [2.24, 2.45) is 5.73 Å². The van der Waals surface area contributed by atoms with Gasteiger partial charge in [-0.15, -0.1) is 24.2 Å². The molecule has 0 radical (unpaired) electrons. The van der Waals surface area contributed by atoms with Gasteiger partial charge in [-0.1, -0.05) is 19.8 Å². The number of hydrogen-bond acceptors (Lipinski definition) is 4. The topological polar surface area (TPSA) is 64.3 Å². The number of rotatable bonds is 9. The normalized spacial score (nSPS) is 11.4. The fraction of sp³-hybridized carbons (Fsp3) is 0.533. The van der Waals surface area contributed by atoms with E-state index in [-0.39, 0.29) is 24.4 Å². The van der Waals surface area contributed by atoms with Crippen molar-refractivity contribution in [2.75, 3.05) is 19.4 Å². The number of ether oxygens (including phenoxy) is 1. The first kappa shape index (κ1) is 20.1. The summed E-state index contributed by atoms with van der Waals surface area (Å²) in [5.41, 5.74) is 5.67. The van der Waals surface area contributed by atoms with E-state index in [4.69, 9.17) is 10.5 Å². The number of methoxy groups -OCH3 is 1. The Morgan fingerprint density at radius 1 is 1.38 bits per heavy atom. The van der Waals surface area contributed by atoms with Crippen LogP contribution < -0.4 is 15.8 Å². The summed E-state index contributed by atoms with van der Waals surface area (Å²) in [6.45, 7) is 2.63. The SMILES string of the molecule is CCCCC(CN)NC(=O)CSc1ccc(OC)cc1.Cl. The molecule has 120 valence electrons. The van der Waals surface area contributed by atoms with Gasteiger partial charge in [-0.25, -0.2) is 0 Å². The van der Waals surface area contributed by atoms with E-state index in [1.807, 2.05) is 24.3 Å². The molecule has 0 saturated heterocycles. The lowest BCUT2D eigenvalue weighted by Crippen LogP contribution is -2.41. The highest BCUT2D eigenvalue weighted by atomic mass is 35.5. The van der Waals surface area contributed by atoms with E-state index >= 15 is 0 Å². The van der Waals surface area contributed by atoms with Crippen LogP contribution >= 0.6 is 24.2 Å². The molecule has 0 bridgehead atoms. The summed E-state index contributed by atoms with van der Waals surface area (Å²) < 4.78 is 5.10. The minimum atomic E-state index is 0. The zero-order valence-corrected chi connectivity index (χ0v) is 14.3. The second kappa shape index (κ2) is 11.7. The smallest absolute Gasteiger partial charge is 0.230 e. The fourth-order valence-electron chi connectivity index (χ4n) is 1.79. The van der Waals surface area contributed by atoms with E-state index in [9.17, 15) is 4.79 Å². The van der Waals surface area contributed by atoms with Crippen LogP contribution in [0.3, 0.4) is 0 Å². The number of unbranched alkanes of at least 4 members (excludes halogenated alkanes) is 1. The van der Waals surface area contributed by atoms with E-state index in [1.54, 1.807) is 7.11 Å². The number of benzene rings is 1. The largest absolute Gasteiger partial charge is 0.497 e. The van der Waals surface area contributed by atoms with E-state index < -0.39 is 0 Å². The Kier molecular flexibility index (Phi) is 11.2. The van der Waals surface area contributed by atoms with Crippen LogP contribution in [0.1, 0.15) is 26.2 Å². The van der Waals surface area contributed by atoms with Crippen LogP contribution in [0.5, 0.6) is 5.75 Å². The Morgan fingerprint density at radius 3 is 2.57 bits per heavy atom. The molecule has 6 heteroatoms. The monoisotopic (exact) mass is 332 g/mol. The first-order valence-electron chi connectivity index (χ1n) is 6.95. The molecule has 0 aromatic heterocycles. The quantitative estimate of drug-likeness (QED) is 0.682. The molecule has 1 amide bonds. The summed E-state index contributed by atoms with van der Waals surface area (Å²) in [5.74, 6) is 1.27. The Labute approximate surface area is 137 Å². The van der Waals surface area contributed by atoms with Gasteiger partial charge in [0.25, 0.3) is 0 Å². The van der Waals surface area contributed by atoms with Crippen LogP contribution in [0.2, 0.25) is 0 Å². The average Bonchev–Trinajstić information content (AvgIpc) is 2.49. The second-order valence-electron chi connectivity index (χ2n) is 4.61. The molecule has 1 atom stereocenters. The van der Waals surface area contributed by atoms with Gasteiger partial charge in [0.1, 0.15) is 5.75 Å². The summed E-state index contributed by atoms with van der Waals surface area (Å²) in [7, 11) is 1.64. The Morgan fingerprint density at radius 2 is 2.05 bits per heavy atom. The Balaban J connectivity index is 0.00000400. The summed E-state index contributed by atoms with van der Waals surface area (Å²) in [6, 6.07) is 7.79. The highest BCUT2D eigenvalue weighted by Gasteiger charge is 2.10. The minimum Gasteiger partial charge on any atom is -0.497 e. The number of hydrogen-bond donors (Lipinski definition) is 2. The Hall–Kier alpha value is -0.910. The lowest BCUT2D eigenvalue weighted by molar-refractivity contribution is -0.119. The fourth-order valence-corrected chi connectivity index (χ4v) is 2.50. The first-order chi connectivity index (χ1) is 9.69. The highest BCUT2D eigenvalue weighted by molar-refractivity contribution is 8.00. The van der Waals surface area contributed by atoms with Crippen molar-refractivity contribution >= 4 is 30.1 Å². The lowest BCUT2D eigenvalue weighted by Gasteiger charge is -2.16. The lowest BCUT2D eigenvalue weighted by atomic mass is 10.1. The van der Waals surface area contributed by atoms with Crippen molar-refractivity contribution in [3.63, 3.8) is 0 Å². The molecule has 1 unspecified atom stereocenters. The maximum Gasteiger partial charge on any atom is 0.230 e. The van der Waals surface area contributed by atoms with Gasteiger partial charge in [-0.05, 0) is 30.7 Å². The standard InChI is InChI=1S/C15H24N2O2S.ClH/c1-3-4-5-12(10-16)17-15(18)11-20-14-8-6-13(19-2)7-9-14;/h6-9,12H,3-5,10-11,16H2,1-2H3,(H,17,18);1H. The van der Waals surface area contributed by atoms with Crippen molar-refractivity contribution in [1.29, 1.82) is 0 Å². The van der Waals surface area contributed by atoms with Gasteiger partial charge in [-0.2, -0.15) is 0 Å². The number of carbonyl (C=O) groups excluding carboxylic acids is 1. The molecule has 4 nitrogen and oxygen atoms in total. The predicted molar refractivity (Wildman–Crippen MR) is 91.5 cm³/mol. The zero-order chi connectivity index (χ0) is 14.8. The van der Waals surface area contributed by atoms with E-state index in [0.29, 0.717) is 12.3 Å². The summed E-state index contributed by atoms with van der Waals surface area (Å²) in [4.78, 5) is 12.9. The van der Waals surface area contributed by atoms with Crippen molar-refractivity contribution in [3.8, 4) is 5.75 Å². The number of amides is 1. The third-order valence-electron chi connectivity index (χ3n) is 2.99. The molecular weight excluding hydrogens is 308 g/mol. The van der Waals surface area contributed by atoms with Gasteiger partial charge in [0.05, 0.1) is 12.9 Å². The molecule has 21 heavy (non-hydrogen) atoms. The first-order valence-corrected chi connectivity index (χ1v) is 7.94. The number of thioether (sulfide) groups is 1. The van der Waals surface area contributed by atoms with Crippen LogP contribution in [0.4, 0.5) is 0 Å². The van der Waals surface area contributed by atoms with Gasteiger partial charge < -0.3 is 15.8 Å². The van der Waals surface area contributed by atoms with E-state index in [0.717, 1.165) is 29.9 Å². The molecule has 1 rings (SSSR count). The van der Waals surface area contributed by atoms with Crippen LogP contribution in [0.25, 0.3) is 0 Å². The minimum absolute atomic E-state index is 0. The van der Waals surface area contributed by atoms with Gasteiger partial charge in [-0.3, -0.25) is 4.79 Å². The van der Waals surface area contributed by atoms with Crippen LogP contribution in [-0.4, -0.2) is 31.4 Å². The predicted octanol–water partition coefficient (Wildman–Crippen LogP) is 2.84. The molecule has 0 spiro atoms. The molecule has 0 heterocycles. The third kappa shape index (κ3) is 8.19. The molecule has 0 aliphatic rings. The maximum atomic E-state index is 11.9. The van der Waals surface area contributed by atoms with Gasteiger partial charge in [0.15, 0.2) is 0 Å². The summed E-state index contributed by atoms with van der Waals surface area (Å²) in [5, 5.41) is 2.98. The summed E-state index contributed by atoms with van der Waals surface area (Å²) >= 11 is 1.52. The van der Waals surface area contributed by atoms with Gasteiger partial charge in [0.2, 0.25) is 5.91 Å². The van der Waals surface area contributed by atoms with E-state index in [1.165, 1.54) is 11.8 Å². The third-order valence-corrected chi connectivity index (χ3v) is 4.00. The van der Waals surface area contributed by atoms with Crippen molar-refractivity contribution < 1.29 is 9.53 Å². The number of carbonyl (C=O) groups is 1. The van der Waals surface area contributed by atoms with Crippen LogP contribution in [0, 0.1) is 0 Å². The van der Waals surface area contributed by atoms with Crippen LogP contribution in [-0.2, 0) is 4.79 Å². The number of nitrogens with two attached hydrogens (primary N) is 1. The maximum absolute atomic E-state index is 11.9. The van der Waals surface area contributed by atoms with Crippen molar-refractivity contribution in [3.05, 3.63) is 24.3 Å². The van der Waals surface area contributed by atoms with Gasteiger partial charge in [0, 0.05) is 17.5 Å². The molecule has 3 N–H and O–H groups in total. The Bertz CT molecular complexity index is 401. The molecular formula is C15H25ClN2O2S. The molecule has 1 aromatic carbocycles. The molecule has 0 saturated carbocycles. The average molecular weight is 333 g/mol. The molecule has 1 aromatic rings. The molecule has 0 aliphatic carbocycles. The van der Waals surface area contributed by atoms with E-state index in [2.05, 4.69) is 12.2 Å². The number of halogens is 1. The second-order valence-corrected chi connectivity index (χ2v) is 5.66. The number of nitrogens with one attached hydrogen (secondary N) is 1. The molecule has 0 fully saturated rings.